The van der Waals surface area contributed by atoms with Gasteiger partial charge in [0.05, 0.1) is 17.6 Å². The molecule has 2 atom stereocenters. The lowest BCUT2D eigenvalue weighted by atomic mass is 9.98. The zero-order chi connectivity index (χ0) is 27.3. The van der Waals surface area contributed by atoms with E-state index >= 15 is 0 Å². The van der Waals surface area contributed by atoms with Crippen LogP contribution in [-0.2, 0) is 26.0 Å². The van der Waals surface area contributed by atoms with E-state index < -0.39 is 27.9 Å². The van der Waals surface area contributed by atoms with Crippen LogP contribution >= 0.6 is 0 Å². The summed E-state index contributed by atoms with van der Waals surface area (Å²) in [5.74, 6) is -0.938. The number of carbonyl (C=O) groups excluding carboxylic acids is 2. The molecule has 1 saturated heterocycles. The molecule has 2 heterocycles. The highest BCUT2D eigenvalue weighted by atomic mass is 32.2. The quantitative estimate of drug-likeness (QED) is 0.156. The average molecular weight is 541 g/mol. The normalized spacial score (nSPS) is 16.7. The number of guanidine groups is 1. The lowest BCUT2D eigenvalue weighted by molar-refractivity contribution is -0.122. The highest BCUT2D eigenvalue weighted by molar-refractivity contribution is 7.89. The molecule has 0 radical (unpaired) electrons. The summed E-state index contributed by atoms with van der Waals surface area (Å²) in [4.78, 5) is 29.9. The van der Waals surface area contributed by atoms with Crippen molar-refractivity contribution in [1.82, 2.24) is 19.9 Å². The van der Waals surface area contributed by atoms with E-state index in [1.807, 2.05) is 24.3 Å². The number of likely N-dealkylation sites (tertiary alicyclic amines) is 1. The van der Waals surface area contributed by atoms with Crippen LogP contribution in [0.15, 0.2) is 59.6 Å². The molecule has 12 heteroatoms. The third-order valence-corrected chi connectivity index (χ3v) is 8.21. The predicted octanol–water partition coefficient (Wildman–Crippen LogP) is 1.57. The number of nitrogens with two attached hydrogens (primary N) is 1. The maximum atomic E-state index is 13.4. The zero-order valence-corrected chi connectivity index (χ0v) is 21.9. The van der Waals surface area contributed by atoms with Crippen LogP contribution < -0.4 is 15.8 Å². The van der Waals surface area contributed by atoms with E-state index in [2.05, 4.69) is 19.8 Å². The van der Waals surface area contributed by atoms with Gasteiger partial charge in [0, 0.05) is 36.7 Å². The molecule has 4 rings (SSSR count). The van der Waals surface area contributed by atoms with Crippen molar-refractivity contribution in [2.75, 3.05) is 26.7 Å². The van der Waals surface area contributed by atoms with Crippen LogP contribution in [0.2, 0.25) is 0 Å². The molecule has 1 aliphatic heterocycles. The minimum absolute atomic E-state index is 0.00390. The Labute approximate surface area is 221 Å². The number of aromatic amines is 1. The summed E-state index contributed by atoms with van der Waals surface area (Å²) in [6.45, 7) is 1.60. The van der Waals surface area contributed by atoms with Crippen LogP contribution in [0.3, 0.4) is 0 Å². The van der Waals surface area contributed by atoms with E-state index in [-0.39, 0.29) is 28.8 Å². The molecule has 2 aromatic carbocycles. The summed E-state index contributed by atoms with van der Waals surface area (Å²) in [7, 11) is -2.86. The number of carbonyl (C=O) groups is 2. The average Bonchev–Trinajstić information content (AvgIpc) is 3.33. The first-order valence-electron chi connectivity index (χ1n) is 12.3. The van der Waals surface area contributed by atoms with Crippen molar-refractivity contribution in [2.45, 2.75) is 30.2 Å². The van der Waals surface area contributed by atoms with E-state index in [0.29, 0.717) is 19.6 Å². The molecule has 1 aromatic heterocycles. The molecule has 1 aliphatic rings. The number of para-hydroxylation sites is 1. The van der Waals surface area contributed by atoms with Crippen LogP contribution in [0.1, 0.15) is 28.8 Å². The fourth-order valence-corrected chi connectivity index (χ4v) is 5.87. The lowest BCUT2D eigenvalue weighted by Crippen LogP contribution is -2.51. The van der Waals surface area contributed by atoms with Gasteiger partial charge in [-0.2, -0.15) is 4.72 Å². The molecule has 0 aliphatic carbocycles. The Bertz CT molecular complexity index is 1420. The Balaban J connectivity index is 1.53. The number of H-pyrrole nitrogens is 1. The molecule has 6 N–H and O–H groups in total. The number of methoxy groups -OCH3 is 1. The number of aromatic nitrogens is 1. The van der Waals surface area contributed by atoms with E-state index in [1.54, 1.807) is 11.1 Å². The number of nitrogens with zero attached hydrogens (tertiary/aromatic N) is 1. The minimum Gasteiger partial charge on any atom is -0.465 e. The smallest absolute Gasteiger partial charge is 0.337 e. The Morgan fingerprint density at radius 3 is 2.66 bits per heavy atom. The van der Waals surface area contributed by atoms with Crippen LogP contribution in [0.25, 0.3) is 10.9 Å². The zero-order valence-electron chi connectivity index (χ0n) is 21.1. The van der Waals surface area contributed by atoms with Gasteiger partial charge in [-0.3, -0.25) is 10.2 Å². The topological polar surface area (TPSA) is 170 Å². The van der Waals surface area contributed by atoms with E-state index in [4.69, 9.17) is 11.1 Å². The fraction of sp³-hybridized carbons (Fsp3) is 0.346. The lowest BCUT2D eigenvalue weighted by Gasteiger charge is -2.33. The molecule has 202 valence electrons. The Hall–Kier alpha value is -3.90. The first-order chi connectivity index (χ1) is 18.2. The van der Waals surface area contributed by atoms with Gasteiger partial charge in [-0.1, -0.05) is 18.2 Å². The van der Waals surface area contributed by atoms with Gasteiger partial charge in [-0.15, -0.1) is 0 Å². The Kier molecular flexibility index (Phi) is 8.32. The van der Waals surface area contributed by atoms with Gasteiger partial charge >= 0.3 is 5.97 Å². The number of sulfonamides is 1. The molecule has 0 spiro atoms. The van der Waals surface area contributed by atoms with E-state index in [0.717, 1.165) is 29.3 Å². The van der Waals surface area contributed by atoms with Crippen LogP contribution in [0.5, 0.6) is 0 Å². The highest BCUT2D eigenvalue weighted by Gasteiger charge is 2.28. The van der Waals surface area contributed by atoms with Crippen molar-refractivity contribution in [3.63, 3.8) is 0 Å². The summed E-state index contributed by atoms with van der Waals surface area (Å²) >= 11 is 0. The van der Waals surface area contributed by atoms with E-state index in [1.165, 1.54) is 31.4 Å². The van der Waals surface area contributed by atoms with Crippen LogP contribution in [-0.4, -0.2) is 68.9 Å². The van der Waals surface area contributed by atoms with Gasteiger partial charge < -0.3 is 25.7 Å². The third-order valence-electron chi connectivity index (χ3n) is 6.72. The molecule has 0 saturated carbocycles. The standard InChI is InChI=1S/C26H32N6O5S/c1-37-25(34)18-8-10-20(11-9-18)38(35,36)31-23(13-19-15-29-22-7-3-2-6-21(19)22)24(33)30-14-17-5-4-12-32(16-17)26(27)28/h2-3,6-11,15,17,23,29,31H,4-5,12-14,16H2,1H3,(H3,27,28)(H,30,33)/t17-,23-/m1/s1. The van der Waals surface area contributed by atoms with Crippen molar-refractivity contribution in [2.24, 2.45) is 11.7 Å². The molecular weight excluding hydrogens is 508 g/mol. The number of ether oxygens (including phenoxy) is 1. The first kappa shape index (κ1) is 27.1. The molecule has 11 nitrogen and oxygen atoms in total. The van der Waals surface area contributed by atoms with Gasteiger partial charge in [-0.05, 0) is 61.1 Å². The van der Waals surface area contributed by atoms with E-state index in [9.17, 15) is 18.0 Å². The maximum Gasteiger partial charge on any atom is 0.337 e. The molecule has 0 unspecified atom stereocenters. The summed E-state index contributed by atoms with van der Waals surface area (Å²) in [5.41, 5.74) is 7.52. The summed E-state index contributed by atoms with van der Waals surface area (Å²) in [5, 5.41) is 11.5. The summed E-state index contributed by atoms with van der Waals surface area (Å²) < 4.78 is 33.7. The third kappa shape index (κ3) is 6.32. The Morgan fingerprint density at radius 2 is 1.95 bits per heavy atom. The van der Waals surface area contributed by atoms with Gasteiger partial charge in [-0.25, -0.2) is 13.2 Å². The fourth-order valence-electron chi connectivity index (χ4n) is 4.67. The van der Waals surface area contributed by atoms with Crippen molar-refractivity contribution < 1.29 is 22.7 Å². The van der Waals surface area contributed by atoms with Crippen molar-refractivity contribution in [3.8, 4) is 0 Å². The van der Waals surface area contributed by atoms with Gasteiger partial charge in [0.2, 0.25) is 15.9 Å². The number of nitrogens with one attached hydrogen (secondary N) is 4. The maximum absolute atomic E-state index is 13.4. The van der Waals surface area contributed by atoms with Gasteiger partial charge in [0.15, 0.2) is 5.96 Å². The summed E-state index contributed by atoms with van der Waals surface area (Å²) in [6.07, 6.45) is 3.62. The van der Waals surface area contributed by atoms with Gasteiger partial charge in [0.25, 0.3) is 0 Å². The number of fused-ring (bicyclic) bond motifs is 1. The van der Waals surface area contributed by atoms with Crippen molar-refractivity contribution in [1.29, 1.82) is 5.41 Å². The number of piperidine rings is 1. The SMILES string of the molecule is COC(=O)c1ccc(S(=O)(=O)N[C@H](Cc2c[nH]c3ccccc23)C(=O)NC[C@H]2CCCN(C(=N)N)C2)cc1. The molecular formula is C26H32N6O5S. The van der Waals surface area contributed by atoms with Gasteiger partial charge in [0.1, 0.15) is 6.04 Å². The highest BCUT2D eigenvalue weighted by Crippen LogP contribution is 2.21. The molecule has 1 fully saturated rings. The number of rotatable bonds is 9. The summed E-state index contributed by atoms with van der Waals surface area (Å²) in [6, 6.07) is 11.8. The number of amides is 1. The van der Waals surface area contributed by atoms with Crippen LogP contribution in [0.4, 0.5) is 0 Å². The number of benzene rings is 2. The van der Waals surface area contributed by atoms with Crippen molar-refractivity contribution >= 4 is 38.8 Å². The second kappa shape index (κ2) is 11.7. The Morgan fingerprint density at radius 1 is 1.21 bits per heavy atom. The second-order valence-corrected chi connectivity index (χ2v) is 11.1. The number of hydrogen-bond donors (Lipinski definition) is 5. The monoisotopic (exact) mass is 540 g/mol. The molecule has 38 heavy (non-hydrogen) atoms. The molecule has 1 amide bonds. The largest absolute Gasteiger partial charge is 0.465 e. The first-order valence-corrected chi connectivity index (χ1v) is 13.8. The van der Waals surface area contributed by atoms with Crippen molar-refractivity contribution in [3.05, 3.63) is 65.9 Å². The predicted molar refractivity (Wildman–Crippen MR) is 143 cm³/mol. The number of hydrogen-bond acceptors (Lipinski definition) is 6. The van der Waals surface area contributed by atoms with Crippen LogP contribution in [0, 0.1) is 11.3 Å². The molecule has 0 bridgehead atoms. The second-order valence-electron chi connectivity index (χ2n) is 9.34. The minimum atomic E-state index is -4.10. The number of esters is 1. The molecule has 3 aromatic rings.